The van der Waals surface area contributed by atoms with Crippen molar-refractivity contribution in [3.8, 4) is 0 Å². The quantitative estimate of drug-likeness (QED) is 0.0154. The van der Waals surface area contributed by atoms with Crippen LogP contribution < -0.4 is 5.32 Å². The molecule has 12 nitrogen and oxygen atoms in total. The van der Waals surface area contributed by atoms with E-state index in [1.54, 1.807) is 14.0 Å². The Kier molecular flexibility index (Phi) is 33.1. The molecule has 1 fully saturated rings. The number of alkyl halides is 3. The standard InChI is InChI=1S/C43H78Cl3N2O10P/c1-7-11-13-15-16-17-18-19-20-21-22-23-24-26-28-30-37(49)48-38-40(53-33-31-35(52-6)29-27-25-14-12-8-2)39(58-59(50,54-10-4)55-32-9-3)36(34-51-5)56-41(38)57-42(47)43(44,45)46/h9,17-18,35-36,38-41,47H,3,7-8,10-16,19-34H2,1-2,4-6H3,(H,48,49)/t35-,36-,38+,39-,40-,41-,59?/m1/s1. The predicted molar refractivity (Wildman–Crippen MR) is 240 cm³/mol. The lowest BCUT2D eigenvalue weighted by molar-refractivity contribution is -0.256. The Bertz CT molecular complexity index is 1180. The van der Waals surface area contributed by atoms with E-state index in [1.807, 2.05) is 0 Å². The molecule has 1 heterocycles. The number of unbranched alkanes of at least 4 members (excludes halogenated alkanes) is 15. The molecule has 0 saturated carbocycles. The highest BCUT2D eigenvalue weighted by Gasteiger charge is 2.53. The van der Waals surface area contributed by atoms with E-state index in [1.165, 1.54) is 71.0 Å². The molecule has 0 aromatic carbocycles. The minimum Gasteiger partial charge on any atom is -0.446 e. The molecule has 0 radical (unpaired) electrons. The molecule has 346 valence electrons. The van der Waals surface area contributed by atoms with Crippen molar-refractivity contribution in [3.05, 3.63) is 24.8 Å². The number of phosphoric acid groups is 1. The SMILES string of the molecule is C=CCOP(=O)(OCC)O[C@H]1[C@H](OCC[C@@H](CCCCCCC)OC)[C@H](NC(=O)CCCCCCCCCC=CCCCCCC)[C@@H](OC(=N)C(Cl)(Cl)Cl)O[C@@H]1COC. The summed E-state index contributed by atoms with van der Waals surface area (Å²) in [5.74, 6) is -1.03. The number of phosphoric ester groups is 1. The van der Waals surface area contributed by atoms with Crippen LogP contribution in [0.15, 0.2) is 24.8 Å². The normalized spacial score (nSPS) is 21.3. The first kappa shape index (κ1) is 56.3. The van der Waals surface area contributed by atoms with Gasteiger partial charge in [-0.3, -0.25) is 23.8 Å². The van der Waals surface area contributed by atoms with Gasteiger partial charge in [0.15, 0.2) is 0 Å². The third-order valence-electron chi connectivity index (χ3n) is 10.1. The highest BCUT2D eigenvalue weighted by molar-refractivity contribution is 7.48. The highest BCUT2D eigenvalue weighted by atomic mass is 35.6. The summed E-state index contributed by atoms with van der Waals surface area (Å²) < 4.78 is 58.9. The average molecular weight is 920 g/mol. The van der Waals surface area contributed by atoms with E-state index in [9.17, 15) is 9.36 Å². The number of carbonyl (C=O) groups excluding carboxylic acids is 1. The van der Waals surface area contributed by atoms with Crippen LogP contribution in [0.4, 0.5) is 0 Å². The first-order chi connectivity index (χ1) is 28.4. The molecule has 59 heavy (non-hydrogen) atoms. The summed E-state index contributed by atoms with van der Waals surface area (Å²) in [4.78, 5) is 13.7. The van der Waals surface area contributed by atoms with E-state index in [0.717, 1.165) is 57.8 Å². The number of rotatable bonds is 37. The summed E-state index contributed by atoms with van der Waals surface area (Å²) in [5, 5.41) is 11.4. The molecule has 7 atom stereocenters. The molecule has 1 unspecified atom stereocenters. The van der Waals surface area contributed by atoms with Gasteiger partial charge >= 0.3 is 7.82 Å². The number of ether oxygens (including phenoxy) is 5. The van der Waals surface area contributed by atoms with Gasteiger partial charge in [0.2, 0.25) is 18.1 Å². The average Bonchev–Trinajstić information content (AvgIpc) is 3.19. The third kappa shape index (κ3) is 25.8. The molecule has 1 rings (SSSR count). The Morgan fingerprint density at radius 2 is 1.44 bits per heavy atom. The van der Waals surface area contributed by atoms with Crippen LogP contribution in [0.3, 0.4) is 0 Å². The predicted octanol–water partition coefficient (Wildman–Crippen LogP) is 12.1. The van der Waals surface area contributed by atoms with Gasteiger partial charge in [0.05, 0.1) is 25.9 Å². The first-order valence-corrected chi connectivity index (χ1v) is 24.7. The van der Waals surface area contributed by atoms with Crippen LogP contribution in [-0.2, 0) is 46.6 Å². The Hall–Kier alpha value is -0.760. The van der Waals surface area contributed by atoms with Crippen LogP contribution in [0, 0.1) is 5.41 Å². The van der Waals surface area contributed by atoms with Gasteiger partial charge in [-0.05, 0) is 51.9 Å². The first-order valence-electron chi connectivity index (χ1n) is 22.1. The maximum absolute atomic E-state index is 14.0. The molecule has 1 aliphatic heterocycles. The largest absolute Gasteiger partial charge is 0.475 e. The molecule has 0 bridgehead atoms. The van der Waals surface area contributed by atoms with E-state index in [-0.39, 0.29) is 44.9 Å². The van der Waals surface area contributed by atoms with E-state index in [0.29, 0.717) is 12.8 Å². The van der Waals surface area contributed by atoms with Crippen molar-refractivity contribution in [2.24, 2.45) is 0 Å². The molecule has 1 amide bonds. The van der Waals surface area contributed by atoms with Crippen LogP contribution in [-0.4, -0.2) is 93.0 Å². The van der Waals surface area contributed by atoms with Gasteiger partial charge < -0.3 is 29.0 Å². The molecule has 16 heteroatoms. The van der Waals surface area contributed by atoms with Crippen molar-refractivity contribution in [2.75, 3.05) is 40.6 Å². The molecule has 0 aliphatic carbocycles. The van der Waals surface area contributed by atoms with Crippen LogP contribution in [0.2, 0.25) is 0 Å². The maximum Gasteiger partial charge on any atom is 0.475 e. The molecular formula is C43H78Cl3N2O10P. The lowest BCUT2D eigenvalue weighted by Gasteiger charge is -2.46. The van der Waals surface area contributed by atoms with Crippen molar-refractivity contribution in [3.63, 3.8) is 0 Å². The summed E-state index contributed by atoms with van der Waals surface area (Å²) in [6, 6.07) is -1.12. The summed E-state index contributed by atoms with van der Waals surface area (Å²) in [6.45, 7) is 9.69. The minimum atomic E-state index is -4.24. The lowest BCUT2D eigenvalue weighted by Crippen LogP contribution is -2.66. The van der Waals surface area contributed by atoms with Gasteiger partial charge in [-0.1, -0.05) is 150 Å². The van der Waals surface area contributed by atoms with Gasteiger partial charge in [-0.25, -0.2) is 4.57 Å². The fourth-order valence-corrected chi connectivity index (χ4v) is 8.31. The minimum absolute atomic E-state index is 0.0130. The fourth-order valence-electron chi connectivity index (χ4n) is 6.82. The zero-order chi connectivity index (χ0) is 43.8. The van der Waals surface area contributed by atoms with Crippen molar-refractivity contribution in [1.29, 1.82) is 5.41 Å². The molecule has 1 saturated heterocycles. The van der Waals surface area contributed by atoms with Crippen LogP contribution in [0.1, 0.15) is 156 Å². The third-order valence-corrected chi connectivity index (χ3v) is 12.1. The number of allylic oxidation sites excluding steroid dienone is 2. The van der Waals surface area contributed by atoms with Crippen molar-refractivity contribution < 1.29 is 46.6 Å². The van der Waals surface area contributed by atoms with Gasteiger partial charge in [0.25, 0.3) is 3.79 Å². The smallest absolute Gasteiger partial charge is 0.446 e. The zero-order valence-electron chi connectivity index (χ0n) is 36.7. The van der Waals surface area contributed by atoms with Crippen molar-refractivity contribution in [2.45, 2.75) is 196 Å². The number of hydrogen-bond donors (Lipinski definition) is 2. The Labute approximate surface area is 371 Å². The van der Waals surface area contributed by atoms with E-state index in [4.69, 9.17) is 77.5 Å². The maximum atomic E-state index is 14.0. The summed E-state index contributed by atoms with van der Waals surface area (Å²) in [6.07, 6.45) is 23.3. The molecule has 0 aromatic rings. The molecule has 0 spiro atoms. The number of amides is 1. The number of nitrogens with one attached hydrogen (secondary N) is 2. The van der Waals surface area contributed by atoms with Gasteiger partial charge in [-0.2, -0.15) is 0 Å². The van der Waals surface area contributed by atoms with E-state index < -0.39 is 48.2 Å². The van der Waals surface area contributed by atoms with Crippen molar-refractivity contribution >= 4 is 54.4 Å². The molecule has 1 aliphatic rings. The van der Waals surface area contributed by atoms with Crippen LogP contribution >= 0.6 is 42.6 Å². The number of hydrogen-bond acceptors (Lipinski definition) is 11. The summed E-state index contributed by atoms with van der Waals surface area (Å²) in [7, 11) is -1.11. The molecule has 0 aromatic heterocycles. The van der Waals surface area contributed by atoms with Gasteiger partial charge in [-0.15, -0.1) is 6.58 Å². The molecule has 2 N–H and O–H groups in total. The Balaban J connectivity index is 3.16. The fraction of sp³-hybridized carbons (Fsp3) is 0.860. The number of carbonyl (C=O) groups is 1. The Morgan fingerprint density at radius 1 is 0.847 bits per heavy atom. The topological polar surface area (TPSA) is 144 Å². The van der Waals surface area contributed by atoms with E-state index in [2.05, 4.69) is 37.9 Å². The van der Waals surface area contributed by atoms with Crippen LogP contribution in [0.25, 0.3) is 0 Å². The van der Waals surface area contributed by atoms with E-state index >= 15 is 0 Å². The monoisotopic (exact) mass is 918 g/mol. The second kappa shape index (κ2) is 34.7. The second-order valence-electron chi connectivity index (χ2n) is 15.1. The zero-order valence-corrected chi connectivity index (χ0v) is 39.9. The van der Waals surface area contributed by atoms with Crippen LogP contribution in [0.5, 0.6) is 0 Å². The highest BCUT2D eigenvalue weighted by Crippen LogP contribution is 2.52. The number of halogens is 3. The van der Waals surface area contributed by atoms with Crippen molar-refractivity contribution in [1.82, 2.24) is 5.32 Å². The summed E-state index contributed by atoms with van der Waals surface area (Å²) >= 11 is 18.1. The van der Waals surface area contributed by atoms with Gasteiger partial charge in [0.1, 0.15) is 24.4 Å². The second-order valence-corrected chi connectivity index (χ2v) is 19.0. The number of methoxy groups -OCH3 is 2. The molecular weight excluding hydrogens is 842 g/mol. The van der Waals surface area contributed by atoms with Gasteiger partial charge in [0, 0.05) is 27.2 Å². The Morgan fingerprint density at radius 3 is 2.02 bits per heavy atom. The lowest BCUT2D eigenvalue weighted by atomic mass is 9.96. The summed E-state index contributed by atoms with van der Waals surface area (Å²) in [5.41, 5.74) is 0.